The van der Waals surface area contributed by atoms with Gasteiger partial charge in [-0.15, -0.1) is 0 Å². The molecule has 0 saturated carbocycles. The normalized spacial score (nSPS) is 10.4. The maximum absolute atomic E-state index is 11.4. The van der Waals surface area contributed by atoms with Crippen molar-refractivity contribution in [3.63, 3.8) is 0 Å². The van der Waals surface area contributed by atoms with Crippen LogP contribution in [0.4, 0.5) is 0 Å². The number of carbonyl (C=O) groups excluding carboxylic acids is 1. The monoisotopic (exact) mass is 227 g/mol. The molecule has 2 aromatic carbocycles. The van der Waals surface area contributed by atoms with E-state index in [1.54, 1.807) is 0 Å². The van der Waals surface area contributed by atoms with Gasteiger partial charge in [0.05, 0.1) is 0 Å². The van der Waals surface area contributed by atoms with Crippen molar-refractivity contribution >= 4 is 16.7 Å². The molecule has 88 valence electrons. The third-order valence-electron chi connectivity index (χ3n) is 2.83. The van der Waals surface area contributed by atoms with E-state index in [0.29, 0.717) is 13.0 Å². The summed E-state index contributed by atoms with van der Waals surface area (Å²) in [5.74, 6) is 0.125. The summed E-state index contributed by atoms with van der Waals surface area (Å²) >= 11 is 0. The summed E-state index contributed by atoms with van der Waals surface area (Å²) in [4.78, 5) is 11.4. The standard InChI is InChI=1S/C15H17NO/c1-2-6-15(17)16-11-13-9-5-8-12-7-3-4-10-14(12)13/h3-5,7-10H,2,6,11H2,1H3,(H,16,17). The number of benzene rings is 2. The van der Waals surface area contributed by atoms with Crippen LogP contribution in [0.5, 0.6) is 0 Å². The van der Waals surface area contributed by atoms with Crippen LogP contribution in [-0.2, 0) is 11.3 Å². The van der Waals surface area contributed by atoms with Gasteiger partial charge in [0.1, 0.15) is 0 Å². The van der Waals surface area contributed by atoms with Gasteiger partial charge in [-0.1, -0.05) is 49.4 Å². The first-order chi connectivity index (χ1) is 8.31. The summed E-state index contributed by atoms with van der Waals surface area (Å²) in [6.45, 7) is 2.62. The van der Waals surface area contributed by atoms with Crippen molar-refractivity contribution < 1.29 is 4.79 Å². The van der Waals surface area contributed by atoms with E-state index >= 15 is 0 Å². The largest absolute Gasteiger partial charge is 0.352 e. The lowest BCUT2D eigenvalue weighted by Gasteiger charge is -2.07. The van der Waals surface area contributed by atoms with E-state index in [2.05, 4.69) is 29.6 Å². The van der Waals surface area contributed by atoms with Crippen molar-refractivity contribution in [2.45, 2.75) is 26.3 Å². The van der Waals surface area contributed by atoms with Crippen LogP contribution in [0.2, 0.25) is 0 Å². The van der Waals surface area contributed by atoms with Crippen LogP contribution in [0.15, 0.2) is 42.5 Å². The molecule has 0 aliphatic heterocycles. The topological polar surface area (TPSA) is 29.1 Å². The zero-order valence-electron chi connectivity index (χ0n) is 10.1. The minimum atomic E-state index is 0.125. The number of amides is 1. The summed E-state index contributed by atoms with van der Waals surface area (Å²) in [6, 6.07) is 14.4. The summed E-state index contributed by atoms with van der Waals surface area (Å²) in [5, 5.41) is 5.39. The molecule has 1 amide bonds. The fourth-order valence-corrected chi connectivity index (χ4v) is 1.96. The third-order valence-corrected chi connectivity index (χ3v) is 2.83. The lowest BCUT2D eigenvalue weighted by atomic mass is 10.0. The molecule has 0 aliphatic carbocycles. The molecule has 1 N–H and O–H groups in total. The second kappa shape index (κ2) is 5.48. The van der Waals surface area contributed by atoms with Crippen LogP contribution in [0.1, 0.15) is 25.3 Å². The van der Waals surface area contributed by atoms with E-state index in [0.717, 1.165) is 6.42 Å². The Kier molecular flexibility index (Phi) is 3.76. The van der Waals surface area contributed by atoms with Gasteiger partial charge in [-0.2, -0.15) is 0 Å². The molecule has 0 fully saturated rings. The molecule has 0 aliphatic rings. The van der Waals surface area contributed by atoms with Crippen molar-refractivity contribution in [3.05, 3.63) is 48.0 Å². The fourth-order valence-electron chi connectivity index (χ4n) is 1.96. The van der Waals surface area contributed by atoms with Crippen molar-refractivity contribution in [2.75, 3.05) is 0 Å². The van der Waals surface area contributed by atoms with Gasteiger partial charge in [0.2, 0.25) is 5.91 Å². The number of carbonyl (C=O) groups is 1. The molecule has 0 unspecified atom stereocenters. The lowest BCUT2D eigenvalue weighted by Crippen LogP contribution is -2.22. The minimum Gasteiger partial charge on any atom is -0.352 e. The van der Waals surface area contributed by atoms with Gasteiger partial charge < -0.3 is 5.32 Å². The highest BCUT2D eigenvalue weighted by molar-refractivity contribution is 5.86. The number of hydrogen-bond donors (Lipinski definition) is 1. The van der Waals surface area contributed by atoms with Crippen LogP contribution < -0.4 is 5.32 Å². The average molecular weight is 227 g/mol. The zero-order chi connectivity index (χ0) is 12.1. The summed E-state index contributed by atoms with van der Waals surface area (Å²) in [6.07, 6.45) is 1.49. The highest BCUT2D eigenvalue weighted by Crippen LogP contribution is 2.18. The molecule has 2 aromatic rings. The zero-order valence-corrected chi connectivity index (χ0v) is 10.1. The first kappa shape index (κ1) is 11.6. The predicted molar refractivity (Wildman–Crippen MR) is 70.7 cm³/mol. The molecule has 2 nitrogen and oxygen atoms in total. The molecule has 2 rings (SSSR count). The predicted octanol–water partition coefficient (Wildman–Crippen LogP) is 3.26. The average Bonchev–Trinajstić information content (AvgIpc) is 2.36. The SMILES string of the molecule is CCCC(=O)NCc1cccc2ccccc12. The quantitative estimate of drug-likeness (QED) is 0.853. The Morgan fingerprint density at radius 1 is 1.12 bits per heavy atom. The highest BCUT2D eigenvalue weighted by atomic mass is 16.1. The van der Waals surface area contributed by atoms with E-state index < -0.39 is 0 Å². The summed E-state index contributed by atoms with van der Waals surface area (Å²) in [7, 11) is 0. The van der Waals surface area contributed by atoms with Gasteiger partial charge in [0, 0.05) is 13.0 Å². The number of fused-ring (bicyclic) bond motifs is 1. The number of hydrogen-bond acceptors (Lipinski definition) is 1. The fraction of sp³-hybridized carbons (Fsp3) is 0.267. The molecule has 0 aromatic heterocycles. The van der Waals surface area contributed by atoms with E-state index in [1.807, 2.05) is 25.1 Å². The van der Waals surface area contributed by atoms with Gasteiger partial charge >= 0.3 is 0 Å². The smallest absolute Gasteiger partial charge is 0.220 e. The number of nitrogens with one attached hydrogen (secondary N) is 1. The van der Waals surface area contributed by atoms with Gasteiger partial charge in [-0.25, -0.2) is 0 Å². The van der Waals surface area contributed by atoms with Gasteiger partial charge in [0.25, 0.3) is 0 Å². The molecule has 0 spiro atoms. The number of rotatable bonds is 4. The maximum Gasteiger partial charge on any atom is 0.220 e. The molecule has 0 atom stereocenters. The Morgan fingerprint density at radius 3 is 2.71 bits per heavy atom. The van der Waals surface area contributed by atoms with Crippen LogP contribution in [0.25, 0.3) is 10.8 Å². The van der Waals surface area contributed by atoms with E-state index in [-0.39, 0.29) is 5.91 Å². The Hall–Kier alpha value is -1.83. The molecule has 0 radical (unpaired) electrons. The Bertz CT molecular complexity index is 514. The van der Waals surface area contributed by atoms with Gasteiger partial charge in [0.15, 0.2) is 0 Å². The minimum absolute atomic E-state index is 0.125. The van der Waals surface area contributed by atoms with Crippen molar-refractivity contribution in [1.82, 2.24) is 5.32 Å². The van der Waals surface area contributed by atoms with Crippen LogP contribution in [0.3, 0.4) is 0 Å². The van der Waals surface area contributed by atoms with Gasteiger partial charge in [-0.05, 0) is 22.8 Å². The van der Waals surface area contributed by atoms with E-state index in [9.17, 15) is 4.79 Å². The van der Waals surface area contributed by atoms with Crippen LogP contribution >= 0.6 is 0 Å². The molecule has 0 bridgehead atoms. The van der Waals surface area contributed by atoms with Crippen molar-refractivity contribution in [3.8, 4) is 0 Å². The van der Waals surface area contributed by atoms with Crippen molar-refractivity contribution in [1.29, 1.82) is 0 Å². The van der Waals surface area contributed by atoms with Crippen molar-refractivity contribution in [2.24, 2.45) is 0 Å². The maximum atomic E-state index is 11.4. The second-order valence-electron chi connectivity index (χ2n) is 4.17. The lowest BCUT2D eigenvalue weighted by molar-refractivity contribution is -0.121. The first-order valence-corrected chi connectivity index (χ1v) is 6.04. The molecule has 17 heavy (non-hydrogen) atoms. The van der Waals surface area contributed by atoms with Gasteiger partial charge in [-0.3, -0.25) is 4.79 Å². The second-order valence-corrected chi connectivity index (χ2v) is 4.17. The Morgan fingerprint density at radius 2 is 1.88 bits per heavy atom. The molecule has 0 saturated heterocycles. The van der Waals surface area contributed by atoms with E-state index in [4.69, 9.17) is 0 Å². The highest BCUT2D eigenvalue weighted by Gasteiger charge is 2.02. The molecule has 0 heterocycles. The van der Waals surface area contributed by atoms with Crippen LogP contribution in [-0.4, -0.2) is 5.91 Å². The van der Waals surface area contributed by atoms with Crippen LogP contribution in [0, 0.1) is 0 Å². The Labute approximate surface area is 102 Å². The first-order valence-electron chi connectivity index (χ1n) is 6.04. The summed E-state index contributed by atoms with van der Waals surface area (Å²) < 4.78 is 0. The third kappa shape index (κ3) is 2.84. The molecule has 2 heteroatoms. The summed E-state index contributed by atoms with van der Waals surface area (Å²) in [5.41, 5.74) is 1.17. The molecular weight excluding hydrogens is 210 g/mol. The Balaban J connectivity index is 2.16. The van der Waals surface area contributed by atoms with E-state index in [1.165, 1.54) is 16.3 Å². The molecular formula is C15H17NO.